The maximum Gasteiger partial charge on any atom is 0.0548 e. The predicted octanol–water partition coefficient (Wildman–Crippen LogP) is 1.75. The van der Waals surface area contributed by atoms with Gasteiger partial charge in [0.05, 0.1) is 6.54 Å². The van der Waals surface area contributed by atoms with Gasteiger partial charge in [0.2, 0.25) is 0 Å². The summed E-state index contributed by atoms with van der Waals surface area (Å²) >= 11 is 0. The van der Waals surface area contributed by atoms with Crippen molar-refractivity contribution in [2.24, 2.45) is 5.73 Å². The number of rotatable bonds is 0. The second-order valence-corrected chi connectivity index (χ2v) is 3.03. The van der Waals surface area contributed by atoms with Crippen molar-refractivity contribution in [3.05, 3.63) is 35.4 Å². The van der Waals surface area contributed by atoms with Crippen molar-refractivity contribution in [1.29, 1.82) is 0 Å². The van der Waals surface area contributed by atoms with Crippen LogP contribution < -0.4 is 5.73 Å². The summed E-state index contributed by atoms with van der Waals surface area (Å²) in [5.41, 5.74) is 7.93. The van der Waals surface area contributed by atoms with E-state index >= 15 is 0 Å². The molecule has 0 saturated heterocycles. The van der Waals surface area contributed by atoms with Gasteiger partial charge in [0.15, 0.2) is 0 Å². The Hall–Kier alpha value is -1.26. The van der Waals surface area contributed by atoms with Gasteiger partial charge >= 0.3 is 0 Å². The van der Waals surface area contributed by atoms with E-state index in [1.54, 1.807) is 11.1 Å². The summed E-state index contributed by atoms with van der Waals surface area (Å²) in [6.45, 7) is 0.347. The quantitative estimate of drug-likeness (QED) is 0.594. The lowest BCUT2D eigenvalue weighted by Gasteiger charge is -1.93. The first kappa shape index (κ1) is 9.83. The molecule has 0 bridgehead atoms. The zero-order valence-electron chi connectivity index (χ0n) is 7.79. The van der Waals surface area contributed by atoms with E-state index in [9.17, 15) is 0 Å². The lowest BCUT2D eigenvalue weighted by Crippen LogP contribution is -1.91. The highest BCUT2D eigenvalue weighted by Gasteiger charge is 2.07. The second kappa shape index (κ2) is 5.40. The summed E-state index contributed by atoms with van der Waals surface area (Å²) in [6, 6.07) is 8.74. The average Bonchev–Trinajstić information content (AvgIpc) is 2.66. The van der Waals surface area contributed by atoms with Gasteiger partial charge in [-0.15, -0.1) is 6.42 Å². The van der Waals surface area contributed by atoms with Crippen LogP contribution >= 0.6 is 0 Å². The first-order valence-corrected chi connectivity index (χ1v) is 4.58. The molecule has 0 fully saturated rings. The fourth-order valence-electron chi connectivity index (χ4n) is 1.51. The lowest BCUT2D eigenvalue weighted by atomic mass is 10.1. The molecule has 2 N–H and O–H groups in total. The van der Waals surface area contributed by atoms with Crippen LogP contribution in [-0.4, -0.2) is 6.54 Å². The van der Waals surface area contributed by atoms with Crippen LogP contribution in [0.2, 0.25) is 0 Å². The fraction of sp³-hybridized carbons (Fsp3) is 0.333. The van der Waals surface area contributed by atoms with E-state index < -0.39 is 0 Å². The Morgan fingerprint density at radius 1 is 1.23 bits per heavy atom. The summed E-state index contributed by atoms with van der Waals surface area (Å²) < 4.78 is 0. The molecule has 1 nitrogen and oxygen atoms in total. The highest BCUT2D eigenvalue weighted by Crippen LogP contribution is 2.20. The topological polar surface area (TPSA) is 26.0 Å². The summed E-state index contributed by atoms with van der Waals surface area (Å²) in [7, 11) is 0. The van der Waals surface area contributed by atoms with Crippen LogP contribution in [0, 0.1) is 12.3 Å². The van der Waals surface area contributed by atoms with Crippen molar-refractivity contribution in [1.82, 2.24) is 0 Å². The molecule has 13 heavy (non-hydrogen) atoms. The van der Waals surface area contributed by atoms with Gasteiger partial charge in [-0.05, 0) is 30.4 Å². The Kier molecular flexibility index (Phi) is 4.08. The molecule has 2 rings (SSSR count). The zero-order valence-corrected chi connectivity index (χ0v) is 7.79. The van der Waals surface area contributed by atoms with Crippen LogP contribution in [0.25, 0.3) is 0 Å². The van der Waals surface area contributed by atoms with Gasteiger partial charge < -0.3 is 5.73 Å². The summed E-state index contributed by atoms with van der Waals surface area (Å²) in [5.74, 6) is 2.21. The minimum absolute atomic E-state index is 0.347. The normalized spacial score (nSPS) is 12.3. The van der Waals surface area contributed by atoms with Crippen LogP contribution in [-0.2, 0) is 12.8 Å². The van der Waals surface area contributed by atoms with E-state index in [1.165, 1.54) is 19.3 Å². The van der Waals surface area contributed by atoms with Crippen molar-refractivity contribution in [2.75, 3.05) is 6.54 Å². The summed E-state index contributed by atoms with van der Waals surface area (Å²) in [4.78, 5) is 0. The molecule has 0 heterocycles. The number of hydrogen-bond acceptors (Lipinski definition) is 1. The smallest absolute Gasteiger partial charge is 0.0548 e. The molecule has 0 radical (unpaired) electrons. The third-order valence-corrected chi connectivity index (χ3v) is 2.13. The number of hydrogen-bond donors (Lipinski definition) is 1. The molecule has 1 aliphatic carbocycles. The molecule has 1 aromatic rings. The van der Waals surface area contributed by atoms with Gasteiger partial charge in [-0.3, -0.25) is 0 Å². The molecule has 0 spiro atoms. The molecule has 68 valence electrons. The van der Waals surface area contributed by atoms with Gasteiger partial charge in [0.25, 0.3) is 0 Å². The average molecular weight is 173 g/mol. The summed E-state index contributed by atoms with van der Waals surface area (Å²) in [5, 5.41) is 0. The van der Waals surface area contributed by atoms with Gasteiger partial charge in [0.1, 0.15) is 0 Å². The number of terminal acetylenes is 1. The number of nitrogens with two attached hydrogens (primary N) is 1. The van der Waals surface area contributed by atoms with Crippen LogP contribution in [0.3, 0.4) is 0 Å². The molecule has 0 saturated carbocycles. The van der Waals surface area contributed by atoms with E-state index in [0.29, 0.717) is 6.54 Å². The molecule has 1 aromatic carbocycles. The highest BCUT2D eigenvalue weighted by molar-refractivity contribution is 5.30. The fourth-order valence-corrected chi connectivity index (χ4v) is 1.51. The molecule has 1 heteroatoms. The van der Waals surface area contributed by atoms with Crippen LogP contribution in [0.15, 0.2) is 24.3 Å². The van der Waals surface area contributed by atoms with E-state index in [4.69, 9.17) is 5.73 Å². The first-order chi connectivity index (χ1) is 6.38. The second-order valence-electron chi connectivity index (χ2n) is 3.03. The van der Waals surface area contributed by atoms with Crippen molar-refractivity contribution in [2.45, 2.75) is 19.3 Å². The van der Waals surface area contributed by atoms with Crippen molar-refractivity contribution in [3.8, 4) is 12.3 Å². The Morgan fingerprint density at radius 3 is 2.08 bits per heavy atom. The SMILES string of the molecule is C#CCN.c1ccc2c(c1)CCC2. The van der Waals surface area contributed by atoms with E-state index in [-0.39, 0.29) is 0 Å². The monoisotopic (exact) mass is 173 g/mol. The number of fused-ring (bicyclic) bond motifs is 1. The van der Waals surface area contributed by atoms with Crippen molar-refractivity contribution in [3.63, 3.8) is 0 Å². The Balaban J connectivity index is 0.000000184. The molecule has 0 aromatic heterocycles. The molecule has 0 aliphatic heterocycles. The van der Waals surface area contributed by atoms with Gasteiger partial charge in [-0.1, -0.05) is 30.2 Å². The Morgan fingerprint density at radius 2 is 1.69 bits per heavy atom. The van der Waals surface area contributed by atoms with E-state index in [0.717, 1.165) is 0 Å². The molecule has 0 unspecified atom stereocenters. The third kappa shape index (κ3) is 2.93. The van der Waals surface area contributed by atoms with Gasteiger partial charge in [-0.25, -0.2) is 0 Å². The molecule has 0 atom stereocenters. The third-order valence-electron chi connectivity index (χ3n) is 2.13. The molecule has 1 aliphatic rings. The molecular weight excluding hydrogens is 158 g/mol. The first-order valence-electron chi connectivity index (χ1n) is 4.58. The lowest BCUT2D eigenvalue weighted by molar-refractivity contribution is 0.912. The van der Waals surface area contributed by atoms with Crippen LogP contribution in [0.5, 0.6) is 0 Å². The van der Waals surface area contributed by atoms with E-state index in [2.05, 4.69) is 36.6 Å². The maximum absolute atomic E-state index is 4.79. The van der Waals surface area contributed by atoms with Crippen molar-refractivity contribution >= 4 is 0 Å². The van der Waals surface area contributed by atoms with Gasteiger partial charge in [-0.2, -0.15) is 0 Å². The van der Waals surface area contributed by atoms with E-state index in [1.807, 2.05) is 0 Å². The predicted molar refractivity (Wildman–Crippen MR) is 56.4 cm³/mol. The standard InChI is InChI=1S/C9H10.C3H5N/c1-2-5-9-7-3-6-8(9)4-1;1-2-3-4/h1-2,4-5H,3,6-7H2;1H,3-4H2. The van der Waals surface area contributed by atoms with Crippen LogP contribution in [0.1, 0.15) is 17.5 Å². The van der Waals surface area contributed by atoms with Gasteiger partial charge in [0, 0.05) is 0 Å². The minimum atomic E-state index is 0.347. The molecule has 0 amide bonds. The number of benzene rings is 1. The highest BCUT2D eigenvalue weighted by atomic mass is 14.5. The Labute approximate surface area is 80.0 Å². The van der Waals surface area contributed by atoms with Crippen LogP contribution in [0.4, 0.5) is 0 Å². The maximum atomic E-state index is 4.79. The summed E-state index contributed by atoms with van der Waals surface area (Å²) in [6.07, 6.45) is 8.62. The van der Waals surface area contributed by atoms with Crippen molar-refractivity contribution < 1.29 is 0 Å². The number of aryl methyl sites for hydroxylation is 2. The molecular formula is C12H15N. The minimum Gasteiger partial charge on any atom is -0.320 e. The zero-order chi connectivity index (χ0) is 9.52. The Bertz CT molecular complexity index is 273. The largest absolute Gasteiger partial charge is 0.320 e.